The minimum absolute atomic E-state index is 0.0679. The third kappa shape index (κ3) is 3.78. The Morgan fingerprint density at radius 1 is 1.24 bits per heavy atom. The SMILES string of the molecule is COc1cc(C)c(NC(=O)CCc2ccco2)cc1OC. The van der Waals surface area contributed by atoms with Gasteiger partial charge in [0.25, 0.3) is 0 Å². The first-order valence-corrected chi connectivity index (χ1v) is 6.69. The zero-order valence-corrected chi connectivity index (χ0v) is 12.4. The topological polar surface area (TPSA) is 60.7 Å². The maximum absolute atomic E-state index is 12.0. The van der Waals surface area contributed by atoms with Crippen LogP contribution in [0.3, 0.4) is 0 Å². The number of benzene rings is 1. The summed E-state index contributed by atoms with van der Waals surface area (Å²) in [4.78, 5) is 12.0. The number of methoxy groups -OCH3 is 2. The van der Waals surface area contributed by atoms with Gasteiger partial charge >= 0.3 is 0 Å². The molecule has 0 aliphatic heterocycles. The van der Waals surface area contributed by atoms with E-state index in [-0.39, 0.29) is 5.91 Å². The van der Waals surface area contributed by atoms with Gasteiger partial charge in [-0.1, -0.05) is 0 Å². The molecule has 1 heterocycles. The first-order chi connectivity index (χ1) is 10.1. The van der Waals surface area contributed by atoms with Crippen LogP contribution in [0.15, 0.2) is 34.9 Å². The number of anilines is 1. The first kappa shape index (κ1) is 15.0. The van der Waals surface area contributed by atoms with Crippen molar-refractivity contribution in [1.82, 2.24) is 0 Å². The molecule has 112 valence electrons. The summed E-state index contributed by atoms with van der Waals surface area (Å²) in [5.41, 5.74) is 1.64. The quantitative estimate of drug-likeness (QED) is 0.887. The van der Waals surface area contributed by atoms with E-state index in [0.717, 1.165) is 17.0 Å². The van der Waals surface area contributed by atoms with Gasteiger partial charge in [0.15, 0.2) is 11.5 Å². The van der Waals surface area contributed by atoms with Gasteiger partial charge in [-0.05, 0) is 30.7 Å². The largest absolute Gasteiger partial charge is 0.493 e. The van der Waals surface area contributed by atoms with Crippen LogP contribution in [0.1, 0.15) is 17.7 Å². The van der Waals surface area contributed by atoms with Crippen molar-refractivity contribution in [2.24, 2.45) is 0 Å². The first-order valence-electron chi connectivity index (χ1n) is 6.69. The maximum Gasteiger partial charge on any atom is 0.224 e. The third-order valence-electron chi connectivity index (χ3n) is 3.18. The summed E-state index contributed by atoms with van der Waals surface area (Å²) in [6, 6.07) is 7.26. The molecule has 21 heavy (non-hydrogen) atoms. The van der Waals surface area contributed by atoms with Crippen molar-refractivity contribution in [2.75, 3.05) is 19.5 Å². The van der Waals surface area contributed by atoms with Gasteiger partial charge in [-0.2, -0.15) is 0 Å². The van der Waals surface area contributed by atoms with Crippen molar-refractivity contribution < 1.29 is 18.7 Å². The molecule has 1 amide bonds. The predicted octanol–water partition coefficient (Wildman–Crippen LogP) is 3.18. The molecule has 0 saturated heterocycles. The van der Waals surface area contributed by atoms with Gasteiger partial charge in [-0.15, -0.1) is 0 Å². The summed E-state index contributed by atoms with van der Waals surface area (Å²) in [7, 11) is 3.15. The van der Waals surface area contributed by atoms with Crippen molar-refractivity contribution >= 4 is 11.6 Å². The van der Waals surface area contributed by atoms with Gasteiger partial charge < -0.3 is 19.2 Å². The Kier molecular flexibility index (Phi) is 4.87. The van der Waals surface area contributed by atoms with E-state index in [1.54, 1.807) is 26.5 Å². The lowest BCUT2D eigenvalue weighted by molar-refractivity contribution is -0.116. The van der Waals surface area contributed by atoms with Gasteiger partial charge in [0, 0.05) is 24.6 Å². The van der Waals surface area contributed by atoms with E-state index in [0.29, 0.717) is 24.3 Å². The van der Waals surface area contributed by atoms with E-state index in [1.165, 1.54) is 0 Å². The summed E-state index contributed by atoms with van der Waals surface area (Å²) in [5.74, 6) is 1.96. The lowest BCUT2D eigenvalue weighted by Gasteiger charge is -2.13. The molecule has 0 aliphatic carbocycles. The lowest BCUT2D eigenvalue weighted by atomic mass is 10.1. The highest BCUT2D eigenvalue weighted by Crippen LogP contribution is 2.32. The Bertz CT molecular complexity index is 605. The monoisotopic (exact) mass is 289 g/mol. The van der Waals surface area contributed by atoms with Crippen molar-refractivity contribution in [3.63, 3.8) is 0 Å². The third-order valence-corrected chi connectivity index (χ3v) is 3.18. The lowest BCUT2D eigenvalue weighted by Crippen LogP contribution is -2.13. The summed E-state index contributed by atoms with van der Waals surface area (Å²) in [6.45, 7) is 1.91. The standard InChI is InChI=1S/C16H19NO4/c1-11-9-14(19-2)15(20-3)10-13(11)17-16(18)7-6-12-5-4-8-21-12/h4-5,8-10H,6-7H2,1-3H3,(H,17,18). The average molecular weight is 289 g/mol. The molecule has 0 bridgehead atoms. The smallest absolute Gasteiger partial charge is 0.224 e. The van der Waals surface area contributed by atoms with E-state index in [4.69, 9.17) is 13.9 Å². The number of aryl methyl sites for hydroxylation is 2. The Balaban J connectivity index is 2.03. The zero-order valence-electron chi connectivity index (χ0n) is 12.4. The van der Waals surface area contributed by atoms with Crippen molar-refractivity contribution in [3.05, 3.63) is 41.9 Å². The van der Waals surface area contributed by atoms with Crippen LogP contribution in [0.25, 0.3) is 0 Å². The number of nitrogens with one attached hydrogen (secondary N) is 1. The van der Waals surface area contributed by atoms with Crippen molar-refractivity contribution in [2.45, 2.75) is 19.8 Å². The molecule has 0 spiro atoms. The van der Waals surface area contributed by atoms with Gasteiger partial charge in [0.05, 0.1) is 20.5 Å². The summed E-state index contributed by atoms with van der Waals surface area (Å²) in [6.07, 6.45) is 2.54. The summed E-state index contributed by atoms with van der Waals surface area (Å²) in [5, 5.41) is 2.88. The molecule has 2 rings (SSSR count). The number of amides is 1. The van der Waals surface area contributed by atoms with E-state index in [9.17, 15) is 4.79 Å². The Hall–Kier alpha value is -2.43. The number of ether oxygens (including phenoxy) is 2. The number of carbonyl (C=O) groups excluding carboxylic acids is 1. The van der Waals surface area contributed by atoms with E-state index >= 15 is 0 Å². The van der Waals surface area contributed by atoms with Crippen LogP contribution in [0, 0.1) is 6.92 Å². The number of furan rings is 1. The Morgan fingerprint density at radius 2 is 1.95 bits per heavy atom. The van der Waals surface area contributed by atoms with Crippen LogP contribution in [0.5, 0.6) is 11.5 Å². The molecule has 5 nitrogen and oxygen atoms in total. The highest BCUT2D eigenvalue weighted by atomic mass is 16.5. The maximum atomic E-state index is 12.0. The minimum atomic E-state index is -0.0679. The molecule has 1 aromatic carbocycles. The molecular weight excluding hydrogens is 270 g/mol. The van der Waals surface area contributed by atoms with E-state index in [1.807, 2.05) is 25.1 Å². The molecule has 0 saturated carbocycles. The molecule has 1 N–H and O–H groups in total. The second-order valence-corrected chi connectivity index (χ2v) is 4.65. The van der Waals surface area contributed by atoms with E-state index in [2.05, 4.69) is 5.32 Å². The predicted molar refractivity (Wildman–Crippen MR) is 79.9 cm³/mol. The average Bonchev–Trinajstić information content (AvgIpc) is 3.00. The fourth-order valence-electron chi connectivity index (χ4n) is 2.02. The highest BCUT2D eigenvalue weighted by Gasteiger charge is 2.11. The van der Waals surface area contributed by atoms with Gasteiger partial charge in [0.2, 0.25) is 5.91 Å². The molecule has 0 atom stereocenters. The van der Waals surface area contributed by atoms with Crippen LogP contribution in [0.2, 0.25) is 0 Å². The van der Waals surface area contributed by atoms with Crippen LogP contribution in [-0.4, -0.2) is 20.1 Å². The number of carbonyl (C=O) groups is 1. The van der Waals surface area contributed by atoms with Crippen molar-refractivity contribution in [1.29, 1.82) is 0 Å². The number of rotatable bonds is 6. The summed E-state index contributed by atoms with van der Waals surface area (Å²) < 4.78 is 15.7. The minimum Gasteiger partial charge on any atom is -0.493 e. The fourth-order valence-corrected chi connectivity index (χ4v) is 2.02. The van der Waals surface area contributed by atoms with Gasteiger partial charge in [-0.3, -0.25) is 4.79 Å². The second kappa shape index (κ2) is 6.83. The Labute approximate surface area is 123 Å². The van der Waals surface area contributed by atoms with Gasteiger partial charge in [0.1, 0.15) is 5.76 Å². The fraction of sp³-hybridized carbons (Fsp3) is 0.312. The molecule has 0 unspecified atom stereocenters. The van der Waals surface area contributed by atoms with Crippen LogP contribution in [-0.2, 0) is 11.2 Å². The molecule has 5 heteroatoms. The Morgan fingerprint density at radius 3 is 2.57 bits per heavy atom. The molecule has 0 radical (unpaired) electrons. The number of hydrogen-bond donors (Lipinski definition) is 1. The van der Waals surface area contributed by atoms with Crippen LogP contribution < -0.4 is 14.8 Å². The zero-order chi connectivity index (χ0) is 15.2. The van der Waals surface area contributed by atoms with Crippen molar-refractivity contribution in [3.8, 4) is 11.5 Å². The van der Waals surface area contributed by atoms with Crippen LogP contribution >= 0.6 is 0 Å². The van der Waals surface area contributed by atoms with Crippen LogP contribution in [0.4, 0.5) is 5.69 Å². The van der Waals surface area contributed by atoms with Gasteiger partial charge in [-0.25, -0.2) is 0 Å². The second-order valence-electron chi connectivity index (χ2n) is 4.65. The molecule has 1 aromatic heterocycles. The van der Waals surface area contributed by atoms with E-state index < -0.39 is 0 Å². The molecular formula is C16H19NO4. The highest BCUT2D eigenvalue weighted by molar-refractivity contribution is 5.92. The molecule has 0 aliphatic rings. The normalized spacial score (nSPS) is 10.2. The summed E-state index contributed by atoms with van der Waals surface area (Å²) >= 11 is 0. The molecule has 2 aromatic rings. The number of hydrogen-bond acceptors (Lipinski definition) is 4. The molecule has 0 fully saturated rings.